The molecule has 21 heavy (non-hydrogen) atoms. The molecule has 0 unspecified atom stereocenters. The van der Waals surface area contributed by atoms with Crippen LogP contribution in [-0.2, 0) is 4.79 Å². The maximum Gasteiger partial charge on any atom is 0.219 e. The second-order valence-corrected chi connectivity index (χ2v) is 5.58. The smallest absolute Gasteiger partial charge is 0.219 e. The number of aliphatic hydroxyl groups excluding tert-OH is 1. The highest BCUT2D eigenvalue weighted by Gasteiger charge is 2.20. The third kappa shape index (κ3) is 5.02. The van der Waals surface area contributed by atoms with Crippen molar-refractivity contribution in [2.75, 3.05) is 39.3 Å². The molecule has 0 spiro atoms. The third-order valence-corrected chi connectivity index (χ3v) is 3.75. The van der Waals surface area contributed by atoms with Crippen LogP contribution in [0.25, 0.3) is 0 Å². The summed E-state index contributed by atoms with van der Waals surface area (Å²) in [6, 6.07) is 7.80. The zero-order valence-corrected chi connectivity index (χ0v) is 12.8. The van der Waals surface area contributed by atoms with Gasteiger partial charge in [-0.1, -0.05) is 17.7 Å². The number of piperazine rings is 1. The molecule has 0 radical (unpaired) electrons. The second-order valence-electron chi connectivity index (χ2n) is 5.58. The van der Waals surface area contributed by atoms with Crippen molar-refractivity contribution in [3.8, 4) is 5.75 Å². The second kappa shape index (κ2) is 7.43. The Labute approximate surface area is 126 Å². The van der Waals surface area contributed by atoms with Gasteiger partial charge in [0.1, 0.15) is 18.5 Å². The van der Waals surface area contributed by atoms with Gasteiger partial charge in [0.15, 0.2) is 0 Å². The molecule has 1 heterocycles. The van der Waals surface area contributed by atoms with Gasteiger partial charge in [-0.3, -0.25) is 9.69 Å². The van der Waals surface area contributed by atoms with Crippen molar-refractivity contribution in [1.29, 1.82) is 0 Å². The molecule has 0 saturated carbocycles. The predicted octanol–water partition coefficient (Wildman–Crippen LogP) is 0.899. The molecule has 1 aromatic carbocycles. The van der Waals surface area contributed by atoms with E-state index in [-0.39, 0.29) is 12.5 Å². The van der Waals surface area contributed by atoms with Gasteiger partial charge in [0.2, 0.25) is 5.91 Å². The first-order valence-corrected chi connectivity index (χ1v) is 7.40. The van der Waals surface area contributed by atoms with Crippen molar-refractivity contribution >= 4 is 5.91 Å². The van der Waals surface area contributed by atoms with Gasteiger partial charge in [-0.15, -0.1) is 0 Å². The van der Waals surface area contributed by atoms with Gasteiger partial charge < -0.3 is 14.7 Å². The van der Waals surface area contributed by atoms with Crippen molar-refractivity contribution < 1.29 is 14.6 Å². The highest BCUT2D eigenvalue weighted by atomic mass is 16.5. The van der Waals surface area contributed by atoms with Gasteiger partial charge in [0.05, 0.1) is 0 Å². The van der Waals surface area contributed by atoms with Crippen LogP contribution in [0.3, 0.4) is 0 Å². The highest BCUT2D eigenvalue weighted by Crippen LogP contribution is 2.12. The molecule has 0 aromatic heterocycles. The molecule has 1 fully saturated rings. The van der Waals surface area contributed by atoms with Crippen LogP contribution in [0.1, 0.15) is 12.5 Å². The summed E-state index contributed by atoms with van der Waals surface area (Å²) in [5, 5.41) is 10.0. The highest BCUT2D eigenvalue weighted by molar-refractivity contribution is 5.73. The Morgan fingerprint density at radius 3 is 2.43 bits per heavy atom. The molecule has 1 aliphatic heterocycles. The first-order chi connectivity index (χ1) is 10.0. The molecule has 1 N–H and O–H groups in total. The van der Waals surface area contributed by atoms with Gasteiger partial charge in [0, 0.05) is 39.6 Å². The summed E-state index contributed by atoms with van der Waals surface area (Å²) >= 11 is 0. The number of hydrogen-bond donors (Lipinski definition) is 1. The Morgan fingerprint density at radius 2 is 1.86 bits per heavy atom. The predicted molar refractivity (Wildman–Crippen MR) is 81.4 cm³/mol. The first-order valence-electron chi connectivity index (χ1n) is 7.40. The summed E-state index contributed by atoms with van der Waals surface area (Å²) < 4.78 is 5.58. The summed E-state index contributed by atoms with van der Waals surface area (Å²) in [5.74, 6) is 0.902. The number of hydrogen-bond acceptors (Lipinski definition) is 4. The van der Waals surface area contributed by atoms with Crippen molar-refractivity contribution in [2.24, 2.45) is 0 Å². The van der Waals surface area contributed by atoms with Crippen LogP contribution in [-0.4, -0.2) is 66.2 Å². The summed E-state index contributed by atoms with van der Waals surface area (Å²) in [6.45, 7) is 7.58. The van der Waals surface area contributed by atoms with Gasteiger partial charge in [-0.25, -0.2) is 0 Å². The lowest BCUT2D eigenvalue weighted by atomic mass is 10.2. The average Bonchev–Trinajstić information content (AvgIpc) is 2.47. The standard InChI is InChI=1S/C16H24N2O3/c1-13-3-5-16(6-4-13)21-12-15(20)11-17-7-9-18(10-8-17)14(2)19/h3-6,15,20H,7-12H2,1-2H3/t15-/m1/s1. The molecule has 1 saturated heterocycles. The minimum absolute atomic E-state index is 0.123. The number of benzene rings is 1. The Balaban J connectivity index is 1.69. The van der Waals surface area contributed by atoms with Crippen LogP contribution < -0.4 is 4.74 Å². The summed E-state index contributed by atoms with van der Waals surface area (Å²) in [7, 11) is 0. The molecule has 5 nitrogen and oxygen atoms in total. The molecule has 1 aliphatic rings. The molecule has 2 rings (SSSR count). The van der Waals surface area contributed by atoms with E-state index < -0.39 is 6.10 Å². The van der Waals surface area contributed by atoms with E-state index in [2.05, 4.69) is 4.90 Å². The lowest BCUT2D eigenvalue weighted by molar-refractivity contribution is -0.130. The molecule has 1 aromatic rings. The number of β-amino-alcohol motifs (C(OH)–C–C–N with tert-alkyl or cyclic N) is 1. The molecule has 1 atom stereocenters. The Hall–Kier alpha value is -1.59. The maximum absolute atomic E-state index is 11.2. The summed E-state index contributed by atoms with van der Waals surface area (Å²) in [4.78, 5) is 15.3. The van der Waals surface area contributed by atoms with Crippen molar-refractivity contribution in [3.63, 3.8) is 0 Å². The van der Waals surface area contributed by atoms with Crippen LogP contribution in [0.4, 0.5) is 0 Å². The minimum atomic E-state index is -0.518. The normalized spacial score (nSPS) is 17.6. The fourth-order valence-electron chi connectivity index (χ4n) is 2.42. The number of nitrogens with zero attached hydrogens (tertiary/aromatic N) is 2. The first kappa shape index (κ1) is 15.8. The topological polar surface area (TPSA) is 53.0 Å². The Bertz CT molecular complexity index is 453. The van der Waals surface area contributed by atoms with Crippen molar-refractivity contribution in [3.05, 3.63) is 29.8 Å². The fourth-order valence-corrected chi connectivity index (χ4v) is 2.42. The lowest BCUT2D eigenvalue weighted by Crippen LogP contribution is -2.50. The number of amides is 1. The van der Waals surface area contributed by atoms with Crippen molar-refractivity contribution in [2.45, 2.75) is 20.0 Å². The number of ether oxygens (including phenoxy) is 1. The van der Waals surface area contributed by atoms with E-state index in [9.17, 15) is 9.90 Å². The van der Waals surface area contributed by atoms with Crippen LogP contribution in [0, 0.1) is 6.92 Å². The molecule has 5 heteroatoms. The van der Waals surface area contributed by atoms with E-state index in [1.807, 2.05) is 36.1 Å². The maximum atomic E-state index is 11.2. The van der Waals surface area contributed by atoms with E-state index in [0.717, 1.165) is 31.9 Å². The fraction of sp³-hybridized carbons (Fsp3) is 0.562. The Kier molecular flexibility index (Phi) is 5.59. The van der Waals surface area contributed by atoms with Crippen LogP contribution >= 0.6 is 0 Å². The third-order valence-electron chi connectivity index (χ3n) is 3.75. The van der Waals surface area contributed by atoms with Gasteiger partial charge in [-0.05, 0) is 19.1 Å². The molecular weight excluding hydrogens is 268 g/mol. The van der Waals surface area contributed by atoms with Crippen LogP contribution in [0.2, 0.25) is 0 Å². The summed E-state index contributed by atoms with van der Waals surface area (Å²) in [6.07, 6.45) is -0.518. The lowest BCUT2D eigenvalue weighted by Gasteiger charge is -2.35. The monoisotopic (exact) mass is 292 g/mol. The van der Waals surface area contributed by atoms with E-state index >= 15 is 0 Å². The van der Waals surface area contributed by atoms with Gasteiger partial charge in [0.25, 0.3) is 0 Å². The van der Waals surface area contributed by atoms with Gasteiger partial charge in [-0.2, -0.15) is 0 Å². The quantitative estimate of drug-likeness (QED) is 0.876. The Morgan fingerprint density at radius 1 is 1.24 bits per heavy atom. The van der Waals surface area contributed by atoms with E-state index in [1.54, 1.807) is 6.92 Å². The zero-order chi connectivity index (χ0) is 15.2. The van der Waals surface area contributed by atoms with Gasteiger partial charge >= 0.3 is 0 Å². The van der Waals surface area contributed by atoms with E-state index in [4.69, 9.17) is 4.74 Å². The molecule has 0 aliphatic carbocycles. The number of aryl methyl sites for hydroxylation is 1. The molecular formula is C16H24N2O3. The van der Waals surface area contributed by atoms with Crippen LogP contribution in [0.15, 0.2) is 24.3 Å². The number of carbonyl (C=O) groups is 1. The molecule has 1 amide bonds. The number of carbonyl (C=O) groups excluding carboxylic acids is 1. The molecule has 116 valence electrons. The van der Waals surface area contributed by atoms with E-state index in [0.29, 0.717) is 6.54 Å². The van der Waals surface area contributed by atoms with Crippen molar-refractivity contribution in [1.82, 2.24) is 9.80 Å². The minimum Gasteiger partial charge on any atom is -0.491 e. The van der Waals surface area contributed by atoms with E-state index in [1.165, 1.54) is 5.56 Å². The average molecular weight is 292 g/mol. The number of aliphatic hydroxyl groups is 1. The largest absolute Gasteiger partial charge is 0.491 e. The molecule has 0 bridgehead atoms. The summed E-state index contributed by atoms with van der Waals surface area (Å²) in [5.41, 5.74) is 1.19. The SMILES string of the molecule is CC(=O)N1CCN(C[C@@H](O)COc2ccc(C)cc2)CC1. The van der Waals surface area contributed by atoms with Crippen LogP contribution in [0.5, 0.6) is 5.75 Å². The number of rotatable bonds is 5. The zero-order valence-electron chi connectivity index (χ0n) is 12.8.